The van der Waals surface area contributed by atoms with Gasteiger partial charge in [-0.2, -0.15) is 13.2 Å². The highest BCUT2D eigenvalue weighted by Crippen LogP contribution is 2.39. The van der Waals surface area contributed by atoms with Crippen LogP contribution in [0.25, 0.3) is 0 Å². The highest BCUT2D eigenvalue weighted by Gasteiger charge is 2.34. The second-order valence-electron chi connectivity index (χ2n) is 4.45. The Hall–Kier alpha value is -0.740. The third-order valence-electron chi connectivity index (χ3n) is 3.34. The average molecular weight is 264 g/mol. The van der Waals surface area contributed by atoms with E-state index in [0.717, 1.165) is 25.3 Å². The number of rotatable bonds is 2. The minimum atomic E-state index is -4.41. The van der Waals surface area contributed by atoms with Crippen molar-refractivity contribution in [3.8, 4) is 0 Å². The number of nitrogens with two attached hydrogens (primary N) is 1. The lowest BCUT2D eigenvalue weighted by Gasteiger charge is -2.31. The summed E-state index contributed by atoms with van der Waals surface area (Å²) in [5, 5.41) is -0.273. The summed E-state index contributed by atoms with van der Waals surface area (Å²) in [4.78, 5) is 0. The Morgan fingerprint density at radius 1 is 1.29 bits per heavy atom. The topological polar surface area (TPSA) is 26.0 Å². The summed E-state index contributed by atoms with van der Waals surface area (Å²) >= 11 is 5.65. The third kappa shape index (κ3) is 2.58. The van der Waals surface area contributed by atoms with Crippen LogP contribution < -0.4 is 5.73 Å². The highest BCUT2D eigenvalue weighted by molar-refractivity contribution is 6.31. The van der Waals surface area contributed by atoms with Gasteiger partial charge in [-0.1, -0.05) is 24.1 Å². The molecule has 2 rings (SSSR count). The van der Waals surface area contributed by atoms with Crippen LogP contribution in [-0.4, -0.2) is 0 Å². The van der Waals surface area contributed by atoms with E-state index >= 15 is 0 Å². The molecule has 0 bridgehead atoms. The van der Waals surface area contributed by atoms with Crippen molar-refractivity contribution in [3.63, 3.8) is 0 Å². The van der Waals surface area contributed by atoms with Crippen LogP contribution in [0, 0.1) is 5.92 Å². The molecule has 1 aliphatic rings. The number of halogens is 4. The van der Waals surface area contributed by atoms with Crippen LogP contribution in [0.15, 0.2) is 18.2 Å². The second-order valence-corrected chi connectivity index (χ2v) is 4.86. The maximum Gasteiger partial charge on any atom is 0.417 e. The van der Waals surface area contributed by atoms with Gasteiger partial charge >= 0.3 is 6.18 Å². The van der Waals surface area contributed by atoms with Gasteiger partial charge in [0, 0.05) is 6.04 Å². The first kappa shape index (κ1) is 12.7. The van der Waals surface area contributed by atoms with Crippen LogP contribution >= 0.6 is 11.6 Å². The van der Waals surface area contributed by atoms with E-state index in [0.29, 0.717) is 11.5 Å². The molecule has 0 amide bonds. The van der Waals surface area contributed by atoms with Gasteiger partial charge in [0.2, 0.25) is 0 Å². The highest BCUT2D eigenvalue weighted by atomic mass is 35.5. The zero-order chi connectivity index (χ0) is 12.6. The van der Waals surface area contributed by atoms with Gasteiger partial charge in [-0.05, 0) is 36.5 Å². The van der Waals surface area contributed by atoms with E-state index in [1.165, 1.54) is 12.1 Å². The molecule has 0 heterocycles. The zero-order valence-electron chi connectivity index (χ0n) is 9.10. The van der Waals surface area contributed by atoms with Gasteiger partial charge in [0.15, 0.2) is 0 Å². The van der Waals surface area contributed by atoms with E-state index in [9.17, 15) is 13.2 Å². The van der Waals surface area contributed by atoms with E-state index in [-0.39, 0.29) is 11.1 Å². The average Bonchev–Trinajstić information content (AvgIpc) is 2.12. The van der Waals surface area contributed by atoms with E-state index in [1.807, 2.05) is 0 Å². The predicted molar refractivity (Wildman–Crippen MR) is 60.7 cm³/mol. The summed E-state index contributed by atoms with van der Waals surface area (Å²) in [6, 6.07) is 3.57. The Morgan fingerprint density at radius 3 is 2.35 bits per heavy atom. The molecule has 0 spiro atoms. The monoisotopic (exact) mass is 263 g/mol. The number of alkyl halides is 3. The Kier molecular flexibility index (Phi) is 3.36. The van der Waals surface area contributed by atoms with Gasteiger partial charge in [-0.3, -0.25) is 0 Å². The van der Waals surface area contributed by atoms with Crippen molar-refractivity contribution in [1.82, 2.24) is 0 Å². The molecule has 94 valence electrons. The largest absolute Gasteiger partial charge is 0.417 e. The van der Waals surface area contributed by atoms with Crippen LogP contribution in [0.2, 0.25) is 5.02 Å². The summed E-state index contributed by atoms with van der Waals surface area (Å²) in [5.41, 5.74) is 5.87. The number of hydrogen-bond acceptors (Lipinski definition) is 1. The fraction of sp³-hybridized carbons (Fsp3) is 0.500. The van der Waals surface area contributed by atoms with Crippen molar-refractivity contribution in [2.45, 2.75) is 31.5 Å². The van der Waals surface area contributed by atoms with E-state index in [2.05, 4.69) is 0 Å². The SMILES string of the molecule is N[C@@H](c1ccc(C(F)(F)F)c(Cl)c1)C1CCC1. The molecule has 1 aromatic rings. The van der Waals surface area contributed by atoms with E-state index in [4.69, 9.17) is 17.3 Å². The van der Waals surface area contributed by atoms with Crippen molar-refractivity contribution < 1.29 is 13.2 Å². The van der Waals surface area contributed by atoms with E-state index in [1.54, 1.807) is 0 Å². The number of benzene rings is 1. The predicted octanol–water partition coefficient (Wildman–Crippen LogP) is 4.16. The fourth-order valence-corrected chi connectivity index (χ4v) is 2.34. The zero-order valence-corrected chi connectivity index (χ0v) is 9.85. The molecule has 0 aromatic heterocycles. The maximum atomic E-state index is 12.5. The molecule has 0 radical (unpaired) electrons. The summed E-state index contributed by atoms with van der Waals surface area (Å²) in [7, 11) is 0. The third-order valence-corrected chi connectivity index (χ3v) is 3.65. The molecule has 1 fully saturated rings. The fourth-order valence-electron chi connectivity index (χ4n) is 2.04. The van der Waals surface area contributed by atoms with Crippen molar-refractivity contribution >= 4 is 11.6 Å². The second kappa shape index (κ2) is 4.50. The summed E-state index contributed by atoms with van der Waals surface area (Å²) in [5.74, 6) is 0.378. The van der Waals surface area contributed by atoms with Gasteiger partial charge in [0.05, 0.1) is 10.6 Å². The van der Waals surface area contributed by atoms with Crippen molar-refractivity contribution in [2.75, 3.05) is 0 Å². The lowest BCUT2D eigenvalue weighted by molar-refractivity contribution is -0.137. The number of hydrogen-bond donors (Lipinski definition) is 1. The van der Waals surface area contributed by atoms with Crippen LogP contribution in [-0.2, 0) is 6.18 Å². The minimum Gasteiger partial charge on any atom is -0.324 e. The maximum absolute atomic E-state index is 12.5. The summed E-state index contributed by atoms with van der Waals surface area (Å²) < 4.78 is 37.5. The molecule has 0 saturated heterocycles. The Morgan fingerprint density at radius 2 is 1.94 bits per heavy atom. The van der Waals surface area contributed by atoms with Gasteiger partial charge in [0.1, 0.15) is 0 Å². The smallest absolute Gasteiger partial charge is 0.324 e. The first-order chi connectivity index (χ1) is 7.89. The molecular weight excluding hydrogens is 251 g/mol. The summed E-state index contributed by atoms with van der Waals surface area (Å²) in [6.07, 6.45) is -1.18. The van der Waals surface area contributed by atoms with Crippen LogP contribution in [0.4, 0.5) is 13.2 Å². The Bertz CT molecular complexity index is 413. The minimum absolute atomic E-state index is 0.205. The van der Waals surface area contributed by atoms with Crippen LogP contribution in [0.3, 0.4) is 0 Å². The van der Waals surface area contributed by atoms with Gasteiger partial charge < -0.3 is 5.73 Å². The van der Waals surface area contributed by atoms with Gasteiger partial charge in [0.25, 0.3) is 0 Å². The quantitative estimate of drug-likeness (QED) is 0.852. The van der Waals surface area contributed by atoms with E-state index < -0.39 is 11.7 Å². The van der Waals surface area contributed by atoms with Crippen LogP contribution in [0.1, 0.15) is 36.4 Å². The van der Waals surface area contributed by atoms with Crippen molar-refractivity contribution in [3.05, 3.63) is 34.3 Å². The van der Waals surface area contributed by atoms with Crippen molar-refractivity contribution in [1.29, 1.82) is 0 Å². The first-order valence-electron chi connectivity index (χ1n) is 5.52. The molecule has 1 aliphatic carbocycles. The van der Waals surface area contributed by atoms with Crippen molar-refractivity contribution in [2.24, 2.45) is 11.7 Å². The van der Waals surface area contributed by atoms with Gasteiger partial charge in [-0.25, -0.2) is 0 Å². The van der Waals surface area contributed by atoms with Crippen LogP contribution in [0.5, 0.6) is 0 Å². The lowest BCUT2D eigenvalue weighted by Crippen LogP contribution is -2.26. The molecule has 5 heteroatoms. The molecule has 1 nitrogen and oxygen atoms in total. The first-order valence-corrected chi connectivity index (χ1v) is 5.89. The molecule has 1 atom stereocenters. The molecule has 0 aliphatic heterocycles. The summed E-state index contributed by atoms with van der Waals surface area (Å²) in [6.45, 7) is 0. The standard InChI is InChI=1S/C12H13ClF3N/c13-10-6-8(11(17)7-2-1-3-7)4-5-9(10)12(14,15)16/h4-7,11H,1-3,17H2/t11-/m1/s1. The lowest BCUT2D eigenvalue weighted by atomic mass is 9.77. The Balaban J connectivity index is 2.24. The molecule has 17 heavy (non-hydrogen) atoms. The normalized spacial score (nSPS) is 18.9. The molecule has 1 saturated carbocycles. The molecule has 2 N–H and O–H groups in total. The van der Waals surface area contributed by atoms with Gasteiger partial charge in [-0.15, -0.1) is 0 Å². The molecular formula is C12H13ClF3N. The molecule has 1 aromatic carbocycles. The molecule has 0 unspecified atom stereocenters. The Labute approximate surface area is 103 Å².